The van der Waals surface area contributed by atoms with E-state index in [1.165, 1.54) is 6.08 Å². The molecule has 0 spiro atoms. The van der Waals surface area contributed by atoms with E-state index >= 15 is 0 Å². The molecule has 0 saturated carbocycles. The van der Waals surface area contributed by atoms with Crippen molar-refractivity contribution >= 4 is 28.0 Å². The van der Waals surface area contributed by atoms with Crippen LogP contribution >= 0.6 is 15.9 Å². The second-order valence-electron chi connectivity index (χ2n) is 4.14. The van der Waals surface area contributed by atoms with Crippen molar-refractivity contribution < 1.29 is 14.6 Å². The first-order valence-electron chi connectivity index (χ1n) is 5.84. The van der Waals surface area contributed by atoms with Crippen LogP contribution in [0.2, 0.25) is 0 Å². The summed E-state index contributed by atoms with van der Waals surface area (Å²) in [6.45, 7) is 1.97. The number of hydrogen-bond donors (Lipinski definition) is 1. The van der Waals surface area contributed by atoms with Crippen LogP contribution in [0.3, 0.4) is 0 Å². The molecule has 1 N–H and O–H groups in total. The Labute approximate surface area is 124 Å². The molecule has 0 aliphatic carbocycles. The summed E-state index contributed by atoms with van der Waals surface area (Å²) in [5.74, 6) is 0.256. The third-order valence-corrected chi connectivity index (χ3v) is 3.41. The van der Waals surface area contributed by atoms with Gasteiger partial charge in [-0.1, -0.05) is 15.9 Å². The van der Waals surface area contributed by atoms with Crippen LogP contribution in [0.15, 0.2) is 47.2 Å². The van der Waals surface area contributed by atoms with Crippen molar-refractivity contribution in [1.29, 1.82) is 0 Å². The zero-order chi connectivity index (χ0) is 14.5. The average Bonchev–Trinajstić information content (AvgIpc) is 2.41. The molecule has 2 aromatic rings. The lowest BCUT2D eigenvalue weighted by Crippen LogP contribution is -1.89. The van der Waals surface area contributed by atoms with Crippen LogP contribution in [0.4, 0.5) is 0 Å². The molecule has 2 rings (SSSR count). The van der Waals surface area contributed by atoms with Gasteiger partial charge in [-0.05, 0) is 48.4 Å². The first-order chi connectivity index (χ1) is 9.54. The molecule has 102 valence electrons. The summed E-state index contributed by atoms with van der Waals surface area (Å²) in [5, 5.41) is 8.59. The van der Waals surface area contributed by atoms with Crippen LogP contribution in [0.25, 0.3) is 6.08 Å². The van der Waals surface area contributed by atoms with Gasteiger partial charge in [0.25, 0.3) is 0 Å². The molecule has 1 aromatic carbocycles. The topological polar surface area (TPSA) is 59.4 Å². The lowest BCUT2D eigenvalue weighted by Gasteiger charge is -2.07. The Morgan fingerprint density at radius 1 is 1.30 bits per heavy atom. The minimum atomic E-state index is -1.00. The van der Waals surface area contributed by atoms with E-state index in [2.05, 4.69) is 20.9 Å². The van der Waals surface area contributed by atoms with E-state index in [-0.39, 0.29) is 0 Å². The lowest BCUT2D eigenvalue weighted by atomic mass is 10.2. The number of rotatable bonds is 4. The van der Waals surface area contributed by atoms with Crippen LogP contribution in [0.1, 0.15) is 11.1 Å². The largest absolute Gasteiger partial charge is 0.478 e. The quantitative estimate of drug-likeness (QED) is 0.857. The Morgan fingerprint density at radius 3 is 2.80 bits per heavy atom. The molecule has 0 saturated heterocycles. The fourth-order valence-electron chi connectivity index (χ4n) is 1.57. The molecule has 0 radical (unpaired) electrons. The highest BCUT2D eigenvalue weighted by Gasteiger charge is 2.01. The summed E-state index contributed by atoms with van der Waals surface area (Å²) in [5.41, 5.74) is 1.73. The van der Waals surface area contributed by atoms with Crippen molar-refractivity contribution in [3.63, 3.8) is 0 Å². The van der Waals surface area contributed by atoms with E-state index in [0.29, 0.717) is 17.1 Å². The van der Waals surface area contributed by atoms with Gasteiger partial charge in [-0.15, -0.1) is 0 Å². The molecule has 0 amide bonds. The Morgan fingerprint density at radius 2 is 2.10 bits per heavy atom. The molecule has 1 heterocycles. The van der Waals surface area contributed by atoms with Gasteiger partial charge >= 0.3 is 5.97 Å². The minimum absolute atomic E-state index is 0.555. The van der Waals surface area contributed by atoms with Gasteiger partial charge in [0, 0.05) is 16.7 Å². The number of carbonyl (C=O) groups is 1. The molecule has 0 fully saturated rings. The maximum absolute atomic E-state index is 10.5. The van der Waals surface area contributed by atoms with Crippen molar-refractivity contribution in [2.24, 2.45) is 0 Å². The van der Waals surface area contributed by atoms with Gasteiger partial charge in [0.1, 0.15) is 11.5 Å². The summed E-state index contributed by atoms with van der Waals surface area (Å²) in [6, 6.07) is 7.39. The fraction of sp³-hybridized carbons (Fsp3) is 0.0667. The van der Waals surface area contributed by atoms with E-state index in [1.807, 2.05) is 25.1 Å². The number of carboxylic acids is 1. The number of pyridine rings is 1. The monoisotopic (exact) mass is 333 g/mol. The predicted molar refractivity (Wildman–Crippen MR) is 79.9 cm³/mol. The summed E-state index contributed by atoms with van der Waals surface area (Å²) in [7, 11) is 0. The van der Waals surface area contributed by atoms with Gasteiger partial charge in [0.05, 0.1) is 6.20 Å². The second-order valence-corrected chi connectivity index (χ2v) is 4.99. The summed E-state index contributed by atoms with van der Waals surface area (Å²) in [6.07, 6.45) is 5.67. The Bertz CT molecular complexity index is 668. The second kappa shape index (κ2) is 6.34. The number of benzene rings is 1. The summed E-state index contributed by atoms with van der Waals surface area (Å²) >= 11 is 3.43. The SMILES string of the molecule is Cc1cc(Oc2cncc(/C=C/C(=O)O)c2)ccc1Br. The van der Waals surface area contributed by atoms with Crippen LogP contribution in [0, 0.1) is 6.92 Å². The molecular weight excluding hydrogens is 322 g/mol. The maximum atomic E-state index is 10.5. The van der Waals surface area contributed by atoms with Crippen molar-refractivity contribution in [1.82, 2.24) is 4.98 Å². The third-order valence-electron chi connectivity index (χ3n) is 2.52. The Balaban J connectivity index is 2.19. The smallest absolute Gasteiger partial charge is 0.328 e. The van der Waals surface area contributed by atoms with Crippen LogP contribution in [-0.4, -0.2) is 16.1 Å². The van der Waals surface area contributed by atoms with Crippen molar-refractivity contribution in [2.75, 3.05) is 0 Å². The molecule has 20 heavy (non-hydrogen) atoms. The molecule has 0 aliphatic heterocycles. The van der Waals surface area contributed by atoms with Crippen molar-refractivity contribution in [2.45, 2.75) is 6.92 Å². The number of aryl methyl sites for hydroxylation is 1. The summed E-state index contributed by atoms with van der Waals surface area (Å²) in [4.78, 5) is 14.5. The first-order valence-corrected chi connectivity index (χ1v) is 6.64. The average molecular weight is 334 g/mol. The number of aliphatic carboxylic acids is 1. The molecule has 0 aliphatic rings. The van der Waals surface area contributed by atoms with Gasteiger partial charge in [-0.2, -0.15) is 0 Å². The highest BCUT2D eigenvalue weighted by Crippen LogP contribution is 2.26. The number of ether oxygens (including phenoxy) is 1. The number of carboxylic acid groups (broad SMARTS) is 1. The van der Waals surface area contributed by atoms with E-state index < -0.39 is 5.97 Å². The standard InChI is InChI=1S/C15H12BrNO3/c1-10-6-12(3-4-14(10)16)20-13-7-11(8-17-9-13)2-5-15(18)19/h2-9H,1H3,(H,18,19)/b5-2+. The number of halogens is 1. The maximum Gasteiger partial charge on any atom is 0.328 e. The highest BCUT2D eigenvalue weighted by atomic mass is 79.9. The highest BCUT2D eigenvalue weighted by molar-refractivity contribution is 9.10. The van der Waals surface area contributed by atoms with Crippen molar-refractivity contribution in [3.05, 3.63) is 58.3 Å². The van der Waals surface area contributed by atoms with Crippen LogP contribution in [0.5, 0.6) is 11.5 Å². The molecule has 4 nitrogen and oxygen atoms in total. The fourth-order valence-corrected chi connectivity index (χ4v) is 1.81. The van der Waals surface area contributed by atoms with Gasteiger partial charge in [0.2, 0.25) is 0 Å². The minimum Gasteiger partial charge on any atom is -0.478 e. The number of nitrogens with zero attached hydrogens (tertiary/aromatic N) is 1. The molecule has 1 aromatic heterocycles. The van der Waals surface area contributed by atoms with E-state index in [1.54, 1.807) is 18.5 Å². The lowest BCUT2D eigenvalue weighted by molar-refractivity contribution is -0.131. The van der Waals surface area contributed by atoms with Gasteiger partial charge in [0.15, 0.2) is 0 Å². The van der Waals surface area contributed by atoms with E-state index in [4.69, 9.17) is 9.84 Å². The van der Waals surface area contributed by atoms with Crippen LogP contribution in [-0.2, 0) is 4.79 Å². The van der Waals surface area contributed by atoms with Gasteiger partial charge in [-0.25, -0.2) is 4.79 Å². The van der Waals surface area contributed by atoms with Crippen LogP contribution < -0.4 is 4.74 Å². The molecule has 5 heteroatoms. The zero-order valence-electron chi connectivity index (χ0n) is 10.7. The number of aromatic nitrogens is 1. The Hall–Kier alpha value is -2.14. The molecule has 0 bridgehead atoms. The van der Waals surface area contributed by atoms with E-state index in [0.717, 1.165) is 16.1 Å². The number of hydrogen-bond acceptors (Lipinski definition) is 3. The van der Waals surface area contributed by atoms with Gasteiger partial charge in [-0.3, -0.25) is 4.98 Å². The van der Waals surface area contributed by atoms with Crippen molar-refractivity contribution in [3.8, 4) is 11.5 Å². The first kappa shape index (κ1) is 14.3. The molecular formula is C15H12BrNO3. The molecule has 0 atom stereocenters. The zero-order valence-corrected chi connectivity index (χ0v) is 12.3. The third kappa shape index (κ3) is 3.93. The Kier molecular flexibility index (Phi) is 4.53. The van der Waals surface area contributed by atoms with Gasteiger partial charge < -0.3 is 9.84 Å². The molecule has 0 unspecified atom stereocenters. The normalized spacial score (nSPS) is 10.7. The van der Waals surface area contributed by atoms with E-state index in [9.17, 15) is 4.79 Å². The summed E-state index contributed by atoms with van der Waals surface area (Å²) < 4.78 is 6.71. The predicted octanol–water partition coefficient (Wildman–Crippen LogP) is 4.04.